The molecule has 5 nitrogen and oxygen atoms in total. The number of pyridine rings is 1. The summed E-state index contributed by atoms with van der Waals surface area (Å²) in [5, 5.41) is 8.13. The Morgan fingerprint density at radius 3 is 2.93 bits per heavy atom. The molecule has 0 atom stereocenters. The first kappa shape index (κ1) is 9.72. The quantitative estimate of drug-likeness (QED) is 0.535. The standard InChI is InChI=1S/C9H9N5S/c10-8(11)7-6(2-1-3-12-7)15-9-13-4-5-14-9/h1-5H,(H3,10,11)(H,13,14). The molecule has 2 heterocycles. The van der Waals surface area contributed by atoms with Gasteiger partial charge in [-0.25, -0.2) is 4.98 Å². The van der Waals surface area contributed by atoms with Crippen molar-refractivity contribution in [3.63, 3.8) is 0 Å². The fourth-order valence-corrected chi connectivity index (χ4v) is 1.94. The van der Waals surface area contributed by atoms with E-state index in [1.165, 1.54) is 11.8 Å². The van der Waals surface area contributed by atoms with Crippen LogP contribution in [-0.2, 0) is 0 Å². The summed E-state index contributed by atoms with van der Waals surface area (Å²) in [4.78, 5) is 11.9. The average Bonchev–Trinajstić information content (AvgIpc) is 2.71. The van der Waals surface area contributed by atoms with Crippen LogP contribution in [0.25, 0.3) is 0 Å². The predicted molar refractivity (Wildman–Crippen MR) is 58.0 cm³/mol. The monoisotopic (exact) mass is 219 g/mol. The second-order valence-electron chi connectivity index (χ2n) is 2.76. The fraction of sp³-hybridized carbons (Fsp3) is 0. The number of rotatable bonds is 3. The van der Waals surface area contributed by atoms with Crippen molar-refractivity contribution in [1.82, 2.24) is 15.0 Å². The Balaban J connectivity index is 2.32. The van der Waals surface area contributed by atoms with Gasteiger partial charge in [-0.1, -0.05) is 0 Å². The molecule has 0 spiro atoms. The molecule has 0 saturated carbocycles. The number of nitrogens with two attached hydrogens (primary N) is 1. The van der Waals surface area contributed by atoms with Gasteiger partial charge in [-0.3, -0.25) is 10.4 Å². The summed E-state index contributed by atoms with van der Waals surface area (Å²) < 4.78 is 0. The van der Waals surface area contributed by atoms with E-state index in [4.69, 9.17) is 11.1 Å². The zero-order chi connectivity index (χ0) is 10.7. The number of nitrogen functional groups attached to an aromatic ring is 1. The Hall–Kier alpha value is -1.82. The van der Waals surface area contributed by atoms with Crippen LogP contribution in [0.5, 0.6) is 0 Å². The molecule has 76 valence electrons. The van der Waals surface area contributed by atoms with Gasteiger partial charge < -0.3 is 10.7 Å². The maximum absolute atomic E-state index is 7.38. The lowest BCUT2D eigenvalue weighted by Gasteiger charge is -2.03. The van der Waals surface area contributed by atoms with Crippen LogP contribution in [0.1, 0.15) is 5.69 Å². The van der Waals surface area contributed by atoms with E-state index in [2.05, 4.69) is 15.0 Å². The average molecular weight is 219 g/mol. The van der Waals surface area contributed by atoms with Crippen LogP contribution >= 0.6 is 11.8 Å². The van der Waals surface area contributed by atoms with Gasteiger partial charge in [0.15, 0.2) is 5.16 Å². The number of aromatic amines is 1. The summed E-state index contributed by atoms with van der Waals surface area (Å²) in [5.74, 6) is -0.0374. The summed E-state index contributed by atoms with van der Waals surface area (Å²) in [5.41, 5.74) is 5.91. The van der Waals surface area contributed by atoms with Crippen molar-refractivity contribution < 1.29 is 0 Å². The molecule has 2 aromatic heterocycles. The van der Waals surface area contributed by atoms with Crippen molar-refractivity contribution in [3.05, 3.63) is 36.4 Å². The zero-order valence-electron chi connectivity index (χ0n) is 7.77. The summed E-state index contributed by atoms with van der Waals surface area (Å²) in [6.07, 6.45) is 5.03. The molecule has 0 saturated heterocycles. The van der Waals surface area contributed by atoms with E-state index in [9.17, 15) is 0 Å². The summed E-state index contributed by atoms with van der Waals surface area (Å²) >= 11 is 1.40. The first-order valence-corrected chi connectivity index (χ1v) is 5.05. The van der Waals surface area contributed by atoms with Gasteiger partial charge in [0, 0.05) is 23.5 Å². The minimum absolute atomic E-state index is 0.0374. The van der Waals surface area contributed by atoms with Gasteiger partial charge in [-0.15, -0.1) is 0 Å². The number of aromatic nitrogens is 3. The van der Waals surface area contributed by atoms with Gasteiger partial charge in [0.1, 0.15) is 11.5 Å². The number of imidazole rings is 1. The van der Waals surface area contributed by atoms with Gasteiger partial charge in [0.05, 0.1) is 0 Å². The van der Waals surface area contributed by atoms with Crippen molar-refractivity contribution >= 4 is 17.6 Å². The highest BCUT2D eigenvalue weighted by molar-refractivity contribution is 7.99. The van der Waals surface area contributed by atoms with Crippen molar-refractivity contribution in [2.75, 3.05) is 0 Å². The molecule has 4 N–H and O–H groups in total. The van der Waals surface area contributed by atoms with Gasteiger partial charge in [0.25, 0.3) is 0 Å². The van der Waals surface area contributed by atoms with Crippen LogP contribution in [-0.4, -0.2) is 20.8 Å². The molecule has 0 bridgehead atoms. The molecule has 0 aromatic carbocycles. The molecule has 6 heteroatoms. The number of hydrogen-bond donors (Lipinski definition) is 3. The SMILES string of the molecule is N=C(N)c1ncccc1Sc1ncc[nH]1. The lowest BCUT2D eigenvalue weighted by molar-refractivity contribution is 1.05. The number of nitrogens with zero attached hydrogens (tertiary/aromatic N) is 2. The molecule has 2 aromatic rings. The third kappa shape index (κ3) is 2.16. The molecule has 0 unspecified atom stereocenters. The first-order chi connectivity index (χ1) is 7.27. The van der Waals surface area contributed by atoms with E-state index in [1.807, 2.05) is 6.07 Å². The predicted octanol–water partition coefficient (Wildman–Crippen LogP) is 1.24. The second-order valence-corrected chi connectivity index (χ2v) is 3.79. The normalized spacial score (nSPS) is 10.1. The molecule has 0 aliphatic heterocycles. The molecular weight excluding hydrogens is 210 g/mol. The smallest absolute Gasteiger partial charge is 0.170 e. The molecule has 2 rings (SSSR count). The topological polar surface area (TPSA) is 91.4 Å². The van der Waals surface area contributed by atoms with Gasteiger partial charge in [0.2, 0.25) is 0 Å². The van der Waals surface area contributed by atoms with E-state index in [0.29, 0.717) is 5.69 Å². The third-order valence-electron chi connectivity index (χ3n) is 1.71. The Kier molecular flexibility index (Phi) is 2.68. The summed E-state index contributed by atoms with van der Waals surface area (Å²) in [6, 6.07) is 3.66. The largest absolute Gasteiger partial charge is 0.382 e. The number of H-pyrrole nitrogens is 1. The van der Waals surface area contributed by atoms with E-state index >= 15 is 0 Å². The molecule has 15 heavy (non-hydrogen) atoms. The van der Waals surface area contributed by atoms with Crippen molar-refractivity contribution in [1.29, 1.82) is 5.41 Å². The highest BCUT2D eigenvalue weighted by atomic mass is 32.2. The molecule has 0 amide bonds. The lowest BCUT2D eigenvalue weighted by atomic mass is 10.3. The Morgan fingerprint density at radius 1 is 1.40 bits per heavy atom. The number of hydrogen-bond acceptors (Lipinski definition) is 4. The Morgan fingerprint density at radius 2 is 2.27 bits per heavy atom. The molecule has 0 aliphatic carbocycles. The maximum atomic E-state index is 7.38. The van der Waals surface area contributed by atoms with Crippen LogP contribution in [0.15, 0.2) is 40.8 Å². The van der Waals surface area contributed by atoms with Gasteiger partial charge >= 0.3 is 0 Å². The van der Waals surface area contributed by atoms with Crippen LogP contribution in [0.2, 0.25) is 0 Å². The number of nitrogens with one attached hydrogen (secondary N) is 2. The van der Waals surface area contributed by atoms with Crippen molar-refractivity contribution in [2.24, 2.45) is 5.73 Å². The van der Waals surface area contributed by atoms with Gasteiger partial charge in [-0.05, 0) is 23.9 Å². The van der Waals surface area contributed by atoms with Gasteiger partial charge in [-0.2, -0.15) is 0 Å². The van der Waals surface area contributed by atoms with Crippen LogP contribution in [0.3, 0.4) is 0 Å². The van der Waals surface area contributed by atoms with E-state index in [-0.39, 0.29) is 5.84 Å². The summed E-state index contributed by atoms with van der Waals surface area (Å²) in [7, 11) is 0. The Bertz CT molecular complexity index is 465. The highest BCUT2D eigenvalue weighted by Crippen LogP contribution is 2.26. The number of amidine groups is 1. The first-order valence-electron chi connectivity index (χ1n) is 4.24. The third-order valence-corrected chi connectivity index (χ3v) is 2.67. The minimum atomic E-state index is -0.0374. The lowest BCUT2D eigenvalue weighted by Crippen LogP contribution is -2.14. The molecule has 0 aliphatic rings. The molecular formula is C9H9N5S. The van der Waals surface area contributed by atoms with E-state index < -0.39 is 0 Å². The summed E-state index contributed by atoms with van der Waals surface area (Å²) in [6.45, 7) is 0. The Labute approximate surface area is 90.7 Å². The van der Waals surface area contributed by atoms with Crippen molar-refractivity contribution in [2.45, 2.75) is 10.1 Å². The second kappa shape index (κ2) is 4.14. The maximum Gasteiger partial charge on any atom is 0.170 e. The highest BCUT2D eigenvalue weighted by Gasteiger charge is 2.08. The minimum Gasteiger partial charge on any atom is -0.382 e. The van der Waals surface area contributed by atoms with E-state index in [0.717, 1.165) is 10.1 Å². The molecule has 0 fully saturated rings. The zero-order valence-corrected chi connectivity index (χ0v) is 8.58. The fourth-order valence-electron chi connectivity index (χ4n) is 1.09. The van der Waals surface area contributed by atoms with Crippen molar-refractivity contribution in [3.8, 4) is 0 Å². The van der Waals surface area contributed by atoms with Crippen LogP contribution in [0.4, 0.5) is 0 Å². The van der Waals surface area contributed by atoms with Crippen LogP contribution in [0, 0.1) is 5.41 Å². The molecule has 0 radical (unpaired) electrons. The van der Waals surface area contributed by atoms with Crippen LogP contribution < -0.4 is 5.73 Å². The van der Waals surface area contributed by atoms with E-state index in [1.54, 1.807) is 24.7 Å².